The molecule has 17 heavy (non-hydrogen) atoms. The number of aromatic amines is 1. The van der Waals surface area contributed by atoms with E-state index in [1.165, 1.54) is 5.56 Å². The zero-order valence-corrected chi connectivity index (χ0v) is 10.0. The summed E-state index contributed by atoms with van der Waals surface area (Å²) < 4.78 is 4.94. The molecule has 0 amide bonds. The van der Waals surface area contributed by atoms with Crippen LogP contribution in [-0.2, 0) is 11.2 Å². The Bertz CT molecular complexity index is 558. The van der Waals surface area contributed by atoms with Gasteiger partial charge in [0, 0.05) is 10.9 Å². The van der Waals surface area contributed by atoms with E-state index in [-0.39, 0.29) is 0 Å². The fourth-order valence-electron chi connectivity index (χ4n) is 1.84. The van der Waals surface area contributed by atoms with E-state index in [4.69, 9.17) is 10.5 Å². The minimum absolute atomic E-state index is 0.341. The van der Waals surface area contributed by atoms with E-state index in [1.54, 1.807) is 6.92 Å². The Balaban J connectivity index is 2.53. The predicted molar refractivity (Wildman–Crippen MR) is 68.0 cm³/mol. The number of hydrogen-bond donors (Lipinski definition) is 2. The highest BCUT2D eigenvalue weighted by Gasteiger charge is 2.16. The molecule has 0 atom stereocenters. The number of rotatable bonds is 3. The predicted octanol–water partition coefficient (Wildman–Crippen LogP) is 2.49. The van der Waals surface area contributed by atoms with Gasteiger partial charge in [-0.05, 0) is 31.0 Å². The molecular formula is C13H16N2O2. The third kappa shape index (κ3) is 1.98. The lowest BCUT2D eigenvalue weighted by molar-refractivity contribution is 0.0522. The molecule has 0 aliphatic rings. The number of aromatic nitrogens is 1. The number of nitrogens with two attached hydrogens (primary N) is 1. The van der Waals surface area contributed by atoms with Crippen molar-refractivity contribution in [2.45, 2.75) is 20.3 Å². The molecule has 0 saturated carbocycles. The Morgan fingerprint density at radius 3 is 2.82 bits per heavy atom. The van der Waals surface area contributed by atoms with Gasteiger partial charge in [0.1, 0.15) is 5.69 Å². The van der Waals surface area contributed by atoms with Crippen LogP contribution in [0.5, 0.6) is 0 Å². The minimum atomic E-state index is -0.403. The number of aryl methyl sites for hydroxylation is 1. The van der Waals surface area contributed by atoms with Crippen molar-refractivity contribution in [2.24, 2.45) is 0 Å². The van der Waals surface area contributed by atoms with Crippen molar-refractivity contribution in [1.29, 1.82) is 0 Å². The Hall–Kier alpha value is -1.97. The third-order valence-corrected chi connectivity index (χ3v) is 2.79. The van der Waals surface area contributed by atoms with Crippen LogP contribution in [0.4, 0.5) is 5.69 Å². The molecule has 1 heterocycles. The lowest BCUT2D eigenvalue weighted by atomic mass is 10.1. The third-order valence-electron chi connectivity index (χ3n) is 2.79. The second-order valence-electron chi connectivity index (χ2n) is 3.87. The van der Waals surface area contributed by atoms with Crippen molar-refractivity contribution >= 4 is 22.6 Å². The van der Waals surface area contributed by atoms with E-state index in [2.05, 4.69) is 11.9 Å². The van der Waals surface area contributed by atoms with Crippen LogP contribution in [-0.4, -0.2) is 17.6 Å². The Labute approximate surface area is 99.8 Å². The fraction of sp³-hybridized carbons (Fsp3) is 0.308. The van der Waals surface area contributed by atoms with Crippen LogP contribution in [0.2, 0.25) is 0 Å². The van der Waals surface area contributed by atoms with Crippen LogP contribution in [0.3, 0.4) is 0 Å². The van der Waals surface area contributed by atoms with Gasteiger partial charge >= 0.3 is 5.97 Å². The monoisotopic (exact) mass is 232 g/mol. The van der Waals surface area contributed by atoms with Crippen LogP contribution in [0.1, 0.15) is 29.9 Å². The van der Waals surface area contributed by atoms with Gasteiger partial charge in [-0.3, -0.25) is 0 Å². The maximum Gasteiger partial charge on any atom is 0.356 e. The van der Waals surface area contributed by atoms with E-state index >= 15 is 0 Å². The average molecular weight is 232 g/mol. The molecule has 0 aliphatic carbocycles. The number of nitrogen functional groups attached to an aromatic ring is 1. The normalized spacial score (nSPS) is 10.7. The average Bonchev–Trinajstić information content (AvgIpc) is 2.67. The van der Waals surface area contributed by atoms with Gasteiger partial charge < -0.3 is 15.5 Å². The molecule has 0 saturated heterocycles. The molecule has 4 nitrogen and oxygen atoms in total. The first-order chi connectivity index (χ1) is 8.17. The molecular weight excluding hydrogens is 216 g/mol. The first kappa shape index (κ1) is 11.5. The summed E-state index contributed by atoms with van der Waals surface area (Å²) in [5, 5.41) is 0.882. The second kappa shape index (κ2) is 4.49. The van der Waals surface area contributed by atoms with Crippen molar-refractivity contribution in [3.63, 3.8) is 0 Å². The van der Waals surface area contributed by atoms with Crippen molar-refractivity contribution < 1.29 is 9.53 Å². The smallest absolute Gasteiger partial charge is 0.356 e. The first-order valence-corrected chi connectivity index (χ1v) is 5.74. The summed E-state index contributed by atoms with van der Waals surface area (Å²) in [6.07, 6.45) is 0.940. The van der Waals surface area contributed by atoms with Crippen molar-refractivity contribution in [3.8, 4) is 0 Å². The number of esters is 1. The molecule has 1 aromatic heterocycles. The number of carbonyl (C=O) groups excluding carboxylic acids is 1. The summed E-state index contributed by atoms with van der Waals surface area (Å²) in [7, 11) is 0. The molecule has 0 spiro atoms. The topological polar surface area (TPSA) is 68.1 Å². The number of anilines is 1. The number of ether oxygens (including phenoxy) is 1. The van der Waals surface area contributed by atoms with Crippen LogP contribution >= 0.6 is 0 Å². The Morgan fingerprint density at radius 1 is 1.41 bits per heavy atom. The van der Waals surface area contributed by atoms with E-state index in [0.29, 0.717) is 18.0 Å². The highest BCUT2D eigenvalue weighted by atomic mass is 16.5. The lowest BCUT2D eigenvalue weighted by Crippen LogP contribution is -2.07. The molecule has 0 aliphatic heterocycles. The zero-order valence-electron chi connectivity index (χ0n) is 10.0. The van der Waals surface area contributed by atoms with E-state index < -0.39 is 5.97 Å². The molecule has 0 radical (unpaired) electrons. The SMILES string of the molecule is CCOC(=O)c1[nH]c2ccc(CC)cc2c1N. The first-order valence-electron chi connectivity index (χ1n) is 5.74. The van der Waals surface area contributed by atoms with Crippen LogP contribution < -0.4 is 5.73 Å². The van der Waals surface area contributed by atoms with Gasteiger partial charge in [-0.15, -0.1) is 0 Å². The number of hydrogen-bond acceptors (Lipinski definition) is 3. The standard InChI is InChI=1S/C13H16N2O2/c1-3-8-5-6-10-9(7-8)11(14)12(15-10)13(16)17-4-2/h5-7,15H,3-4,14H2,1-2H3. The molecule has 1 aromatic carbocycles. The van der Waals surface area contributed by atoms with Gasteiger partial charge in [0.25, 0.3) is 0 Å². The minimum Gasteiger partial charge on any atom is -0.461 e. The summed E-state index contributed by atoms with van der Waals surface area (Å²) in [6, 6.07) is 5.96. The molecule has 3 N–H and O–H groups in total. The number of carbonyl (C=O) groups is 1. The molecule has 2 aromatic rings. The number of H-pyrrole nitrogens is 1. The number of nitrogens with one attached hydrogen (secondary N) is 1. The summed E-state index contributed by atoms with van der Waals surface area (Å²) in [5.74, 6) is -0.403. The Kier molecular flexibility index (Phi) is 3.04. The van der Waals surface area contributed by atoms with Gasteiger partial charge in [0.2, 0.25) is 0 Å². The molecule has 0 unspecified atom stereocenters. The molecule has 0 fully saturated rings. The van der Waals surface area contributed by atoms with Crippen molar-refractivity contribution in [2.75, 3.05) is 12.3 Å². The molecule has 90 valence electrons. The number of fused-ring (bicyclic) bond motifs is 1. The van der Waals surface area contributed by atoms with E-state index in [1.807, 2.05) is 18.2 Å². The van der Waals surface area contributed by atoms with Crippen LogP contribution in [0.25, 0.3) is 10.9 Å². The Morgan fingerprint density at radius 2 is 2.18 bits per heavy atom. The molecule has 2 rings (SSSR count). The molecule has 0 bridgehead atoms. The van der Waals surface area contributed by atoms with Crippen LogP contribution in [0, 0.1) is 0 Å². The number of benzene rings is 1. The summed E-state index contributed by atoms with van der Waals surface area (Å²) in [4.78, 5) is 14.7. The molecule has 4 heteroatoms. The van der Waals surface area contributed by atoms with Gasteiger partial charge in [0.15, 0.2) is 0 Å². The van der Waals surface area contributed by atoms with Crippen molar-refractivity contribution in [3.05, 3.63) is 29.5 Å². The van der Waals surface area contributed by atoms with Gasteiger partial charge in [-0.1, -0.05) is 13.0 Å². The maximum absolute atomic E-state index is 11.7. The highest BCUT2D eigenvalue weighted by molar-refractivity contribution is 6.05. The van der Waals surface area contributed by atoms with Gasteiger partial charge in [0.05, 0.1) is 12.3 Å². The summed E-state index contributed by atoms with van der Waals surface area (Å²) in [6.45, 7) is 4.19. The van der Waals surface area contributed by atoms with E-state index in [9.17, 15) is 4.79 Å². The summed E-state index contributed by atoms with van der Waals surface area (Å²) in [5.41, 5.74) is 8.83. The summed E-state index contributed by atoms with van der Waals surface area (Å²) >= 11 is 0. The highest BCUT2D eigenvalue weighted by Crippen LogP contribution is 2.26. The quantitative estimate of drug-likeness (QED) is 0.799. The second-order valence-corrected chi connectivity index (χ2v) is 3.87. The maximum atomic E-state index is 11.7. The van der Waals surface area contributed by atoms with Gasteiger partial charge in [-0.2, -0.15) is 0 Å². The van der Waals surface area contributed by atoms with Gasteiger partial charge in [-0.25, -0.2) is 4.79 Å². The largest absolute Gasteiger partial charge is 0.461 e. The zero-order chi connectivity index (χ0) is 12.4. The fourth-order valence-corrected chi connectivity index (χ4v) is 1.84. The lowest BCUT2D eigenvalue weighted by Gasteiger charge is -1.99. The van der Waals surface area contributed by atoms with Crippen molar-refractivity contribution in [1.82, 2.24) is 4.98 Å². The van der Waals surface area contributed by atoms with Crippen LogP contribution in [0.15, 0.2) is 18.2 Å². The van der Waals surface area contributed by atoms with E-state index in [0.717, 1.165) is 17.3 Å².